The van der Waals surface area contributed by atoms with Crippen LogP contribution in [0.4, 0.5) is 0 Å². The maximum Gasteiger partial charge on any atom is 0.327 e. The van der Waals surface area contributed by atoms with Crippen molar-refractivity contribution < 1.29 is 8.85 Å². The summed E-state index contributed by atoms with van der Waals surface area (Å²) in [5.41, 5.74) is 0.516. The molecular weight excluding hydrogens is 332 g/mol. The van der Waals surface area contributed by atoms with Gasteiger partial charge in [0.05, 0.1) is 6.17 Å². The maximum absolute atomic E-state index is 5.86. The molecule has 1 unspecified atom stereocenters. The van der Waals surface area contributed by atoms with Gasteiger partial charge in [-0.1, -0.05) is 19.8 Å². The summed E-state index contributed by atoms with van der Waals surface area (Å²) < 4.78 is 11.7. The standard InChI is InChI=1S/C18H42N4O2Si/c1-8-9-10-17(25(23-6)24-7)18-21(13-11-19(2)3)15-16-22(18)14-12-20(4)5/h17-18,25H,8-16H2,1-7H3. The average Bonchev–Trinajstić information content (AvgIpc) is 2.97. The predicted octanol–water partition coefficient (Wildman–Crippen LogP) is 1.13. The molecule has 1 aliphatic heterocycles. The molecule has 0 amide bonds. The van der Waals surface area contributed by atoms with Crippen LogP contribution in [0, 0.1) is 0 Å². The van der Waals surface area contributed by atoms with Crippen LogP contribution in [-0.2, 0) is 8.85 Å². The molecule has 0 spiro atoms. The fourth-order valence-corrected chi connectivity index (χ4v) is 5.92. The SMILES string of the molecule is CCCCC(C1N(CCN(C)C)CCN1CCN(C)C)[SiH](OC)OC. The molecular formula is C18H42N4O2Si. The van der Waals surface area contributed by atoms with Crippen LogP contribution >= 0.6 is 0 Å². The van der Waals surface area contributed by atoms with Crippen LogP contribution in [0.25, 0.3) is 0 Å². The highest BCUT2D eigenvalue weighted by atomic mass is 28.3. The van der Waals surface area contributed by atoms with Crippen LogP contribution in [0.5, 0.6) is 0 Å². The number of likely N-dealkylation sites (N-methyl/N-ethyl adjacent to an activating group) is 2. The molecule has 1 atom stereocenters. The fourth-order valence-electron chi connectivity index (χ4n) is 3.75. The fraction of sp³-hybridized carbons (Fsp3) is 1.00. The lowest BCUT2D eigenvalue weighted by Gasteiger charge is -2.39. The number of unbranched alkanes of at least 4 members (excludes halogenated alkanes) is 1. The molecule has 1 aliphatic rings. The van der Waals surface area contributed by atoms with Crippen molar-refractivity contribution in [2.75, 3.05) is 81.7 Å². The largest absolute Gasteiger partial charge is 0.400 e. The third-order valence-corrected chi connectivity index (χ3v) is 7.49. The molecule has 0 aromatic rings. The van der Waals surface area contributed by atoms with Gasteiger partial charge >= 0.3 is 9.28 Å². The van der Waals surface area contributed by atoms with E-state index >= 15 is 0 Å². The summed E-state index contributed by atoms with van der Waals surface area (Å²) in [5, 5.41) is 0. The van der Waals surface area contributed by atoms with Crippen LogP contribution in [0.2, 0.25) is 5.54 Å². The van der Waals surface area contributed by atoms with Gasteiger partial charge < -0.3 is 18.7 Å². The highest BCUT2D eigenvalue weighted by Gasteiger charge is 2.42. The second kappa shape index (κ2) is 12.4. The molecule has 1 fully saturated rings. The molecule has 0 radical (unpaired) electrons. The van der Waals surface area contributed by atoms with Crippen molar-refractivity contribution in [2.24, 2.45) is 0 Å². The minimum atomic E-state index is -1.68. The van der Waals surface area contributed by atoms with E-state index in [1.54, 1.807) is 0 Å². The van der Waals surface area contributed by atoms with Crippen molar-refractivity contribution in [2.45, 2.75) is 37.9 Å². The van der Waals surface area contributed by atoms with Crippen molar-refractivity contribution in [3.05, 3.63) is 0 Å². The Balaban J connectivity index is 2.93. The highest BCUT2D eigenvalue weighted by molar-refractivity contribution is 6.46. The van der Waals surface area contributed by atoms with Gasteiger partial charge in [-0.15, -0.1) is 0 Å². The van der Waals surface area contributed by atoms with E-state index in [-0.39, 0.29) is 0 Å². The number of hydrogen-bond donors (Lipinski definition) is 0. The Hall–Kier alpha value is -0.0231. The lowest BCUT2D eigenvalue weighted by Crippen LogP contribution is -2.50. The Labute approximate surface area is 157 Å². The average molecular weight is 375 g/mol. The second-order valence-electron chi connectivity index (χ2n) is 7.74. The van der Waals surface area contributed by atoms with Gasteiger partial charge in [0.15, 0.2) is 0 Å². The molecule has 0 N–H and O–H groups in total. The van der Waals surface area contributed by atoms with Crippen LogP contribution in [-0.4, -0.2) is 117 Å². The maximum atomic E-state index is 5.86. The Morgan fingerprint density at radius 2 is 1.44 bits per heavy atom. The molecule has 25 heavy (non-hydrogen) atoms. The predicted molar refractivity (Wildman–Crippen MR) is 108 cm³/mol. The van der Waals surface area contributed by atoms with Crippen molar-refractivity contribution >= 4 is 9.28 Å². The highest BCUT2D eigenvalue weighted by Crippen LogP contribution is 2.33. The van der Waals surface area contributed by atoms with Gasteiger partial charge in [0.1, 0.15) is 0 Å². The summed E-state index contributed by atoms with van der Waals surface area (Å²) in [6, 6.07) is 0. The van der Waals surface area contributed by atoms with Gasteiger partial charge in [-0.25, -0.2) is 0 Å². The first-order valence-electron chi connectivity index (χ1n) is 9.77. The molecule has 7 heteroatoms. The number of hydrogen-bond acceptors (Lipinski definition) is 6. The van der Waals surface area contributed by atoms with E-state index in [0.29, 0.717) is 11.7 Å². The zero-order chi connectivity index (χ0) is 18.8. The summed E-state index contributed by atoms with van der Waals surface area (Å²) in [4.78, 5) is 9.91. The van der Waals surface area contributed by atoms with Gasteiger partial charge in [-0.3, -0.25) is 9.80 Å². The van der Waals surface area contributed by atoms with Crippen LogP contribution < -0.4 is 0 Å². The summed E-state index contributed by atoms with van der Waals surface area (Å²) in [7, 11) is 10.6. The van der Waals surface area contributed by atoms with E-state index in [2.05, 4.69) is 54.7 Å². The molecule has 0 saturated carbocycles. The topological polar surface area (TPSA) is 31.4 Å². The molecule has 6 nitrogen and oxygen atoms in total. The second-order valence-corrected chi connectivity index (χ2v) is 10.3. The quantitative estimate of drug-likeness (QED) is 0.449. The number of nitrogens with zero attached hydrogens (tertiary/aromatic N) is 4. The first kappa shape index (κ1) is 23.0. The normalized spacial score (nSPS) is 19.0. The zero-order valence-electron chi connectivity index (χ0n) is 17.7. The Morgan fingerprint density at radius 3 is 1.80 bits per heavy atom. The van der Waals surface area contributed by atoms with Gasteiger partial charge in [0.2, 0.25) is 0 Å². The third kappa shape index (κ3) is 7.62. The Kier molecular flexibility index (Phi) is 11.4. The van der Waals surface area contributed by atoms with Gasteiger partial charge in [-0.05, 0) is 34.6 Å². The molecule has 0 aromatic carbocycles. The summed E-state index contributed by atoms with van der Waals surface area (Å²) >= 11 is 0. The molecule has 0 aliphatic carbocycles. The Morgan fingerprint density at radius 1 is 0.960 bits per heavy atom. The summed E-state index contributed by atoms with van der Waals surface area (Å²) in [5.74, 6) is 0. The minimum absolute atomic E-state index is 0.461. The summed E-state index contributed by atoms with van der Waals surface area (Å²) in [6.45, 7) is 9.03. The molecule has 1 rings (SSSR count). The first-order chi connectivity index (χ1) is 11.9. The first-order valence-corrected chi connectivity index (χ1v) is 11.4. The molecule has 0 bridgehead atoms. The van der Waals surface area contributed by atoms with E-state index in [1.807, 2.05) is 14.2 Å². The molecule has 0 aromatic heterocycles. The van der Waals surface area contributed by atoms with Crippen LogP contribution in [0.15, 0.2) is 0 Å². The third-order valence-electron chi connectivity index (χ3n) is 5.18. The van der Waals surface area contributed by atoms with E-state index < -0.39 is 9.28 Å². The molecule has 1 heterocycles. The van der Waals surface area contributed by atoms with E-state index in [0.717, 1.165) is 39.3 Å². The zero-order valence-corrected chi connectivity index (χ0v) is 18.9. The summed E-state index contributed by atoms with van der Waals surface area (Å²) in [6.07, 6.45) is 4.15. The van der Waals surface area contributed by atoms with Crippen molar-refractivity contribution in [3.63, 3.8) is 0 Å². The van der Waals surface area contributed by atoms with Crippen molar-refractivity contribution in [3.8, 4) is 0 Å². The van der Waals surface area contributed by atoms with E-state index in [4.69, 9.17) is 8.85 Å². The van der Waals surface area contributed by atoms with E-state index in [1.165, 1.54) is 19.3 Å². The van der Waals surface area contributed by atoms with Gasteiger partial charge in [0.25, 0.3) is 0 Å². The van der Waals surface area contributed by atoms with Crippen LogP contribution in [0.3, 0.4) is 0 Å². The monoisotopic (exact) mass is 374 g/mol. The van der Waals surface area contributed by atoms with Crippen LogP contribution in [0.1, 0.15) is 26.2 Å². The van der Waals surface area contributed by atoms with Crippen molar-refractivity contribution in [1.29, 1.82) is 0 Å². The lowest BCUT2D eigenvalue weighted by molar-refractivity contribution is 0.0955. The minimum Gasteiger partial charge on any atom is -0.400 e. The van der Waals surface area contributed by atoms with Crippen molar-refractivity contribution in [1.82, 2.24) is 19.6 Å². The molecule has 150 valence electrons. The Bertz CT molecular complexity index is 323. The van der Waals surface area contributed by atoms with Gasteiger partial charge in [-0.2, -0.15) is 0 Å². The molecule has 1 saturated heterocycles. The smallest absolute Gasteiger partial charge is 0.327 e. The number of rotatable bonds is 13. The van der Waals surface area contributed by atoms with E-state index in [9.17, 15) is 0 Å². The lowest BCUT2D eigenvalue weighted by atomic mass is 10.1. The van der Waals surface area contributed by atoms with Gasteiger partial charge in [0, 0.05) is 59.0 Å².